The van der Waals surface area contributed by atoms with E-state index in [2.05, 4.69) is 0 Å². The molecule has 1 aliphatic heterocycles. The summed E-state index contributed by atoms with van der Waals surface area (Å²) >= 11 is 1.14. The fourth-order valence-corrected chi connectivity index (χ4v) is 3.73. The van der Waals surface area contributed by atoms with Crippen molar-refractivity contribution >= 4 is 22.9 Å². The van der Waals surface area contributed by atoms with Crippen molar-refractivity contribution in [2.45, 2.75) is 38.3 Å². The molecule has 1 fully saturated rings. The first-order valence-electron chi connectivity index (χ1n) is 12.2. The van der Waals surface area contributed by atoms with E-state index in [0.29, 0.717) is 5.69 Å². The first-order valence-corrected chi connectivity index (χ1v) is 9.59. The Balaban J connectivity index is 1.95. The minimum atomic E-state index is -2.78. The molecule has 5 heteroatoms. The fourth-order valence-electron chi connectivity index (χ4n) is 3.16. The summed E-state index contributed by atoms with van der Waals surface area (Å²) in [5.41, 5.74) is -1.01. The average Bonchev–Trinajstić information content (AvgIpc) is 3.29. The molecule has 0 unspecified atom stereocenters. The van der Waals surface area contributed by atoms with Gasteiger partial charge in [-0.05, 0) is 30.0 Å². The van der Waals surface area contributed by atoms with Crippen LogP contribution in [0.1, 0.15) is 40.7 Å². The van der Waals surface area contributed by atoms with Gasteiger partial charge in [-0.1, -0.05) is 31.2 Å². The third kappa shape index (κ3) is 4.17. The van der Waals surface area contributed by atoms with Crippen LogP contribution in [0.5, 0.6) is 0 Å². The van der Waals surface area contributed by atoms with Gasteiger partial charge in [-0.15, -0.1) is 11.3 Å². The zero-order chi connectivity index (χ0) is 24.5. The molecule has 0 N–H and O–H groups in total. The third-order valence-electron chi connectivity index (χ3n) is 4.57. The monoisotopic (exact) mass is 379 g/mol. The number of likely N-dealkylation sites (tertiary alicyclic amines) is 1. The summed E-state index contributed by atoms with van der Waals surface area (Å²) in [6.45, 7) is -0.649. The van der Waals surface area contributed by atoms with Crippen LogP contribution in [0.25, 0.3) is 0 Å². The summed E-state index contributed by atoms with van der Waals surface area (Å²) < 4.78 is 62.9. The topological polar surface area (TPSA) is 32.8 Å². The second-order valence-electron chi connectivity index (χ2n) is 6.17. The molecule has 140 valence electrons. The van der Waals surface area contributed by atoms with Crippen LogP contribution in [-0.2, 0) is 15.9 Å². The van der Waals surface area contributed by atoms with E-state index in [4.69, 9.17) is 14.3 Å². The van der Waals surface area contributed by atoms with Crippen LogP contribution in [0, 0.1) is 0 Å². The number of amides is 1. The Morgan fingerprint density at radius 1 is 1.31 bits per heavy atom. The second kappa shape index (κ2) is 8.80. The Bertz CT molecular complexity index is 928. The molecule has 1 aromatic heterocycles. The van der Waals surface area contributed by atoms with Crippen LogP contribution in [0.3, 0.4) is 0 Å². The van der Waals surface area contributed by atoms with Gasteiger partial charge >= 0.3 is 0 Å². The van der Waals surface area contributed by atoms with Crippen molar-refractivity contribution in [3.63, 3.8) is 0 Å². The molecule has 26 heavy (non-hydrogen) atoms. The molecule has 1 saturated heterocycles. The number of rotatable bonds is 7. The smallest absolute Gasteiger partial charge is 0.229 e. The highest BCUT2D eigenvalue weighted by Gasteiger charge is 2.42. The molecule has 1 aliphatic rings. The van der Waals surface area contributed by atoms with E-state index in [-0.39, 0.29) is 43.1 Å². The molecule has 0 atom stereocenters. The van der Waals surface area contributed by atoms with Crippen LogP contribution in [0.2, 0.25) is 0 Å². The number of benzene rings is 1. The summed E-state index contributed by atoms with van der Waals surface area (Å²) in [6.07, 6.45) is -2.13. The van der Waals surface area contributed by atoms with Crippen molar-refractivity contribution < 1.29 is 19.1 Å². The lowest BCUT2D eigenvalue weighted by atomic mass is 9.96. The highest BCUT2D eigenvalue weighted by atomic mass is 32.1. The van der Waals surface area contributed by atoms with Crippen molar-refractivity contribution in [1.29, 1.82) is 0 Å². The van der Waals surface area contributed by atoms with E-state index < -0.39 is 25.6 Å². The number of hydrogen-bond acceptors (Lipinski definition) is 4. The number of ether oxygens (including phenoxy) is 1. The van der Waals surface area contributed by atoms with Gasteiger partial charge in [-0.2, -0.15) is 0 Å². The summed E-state index contributed by atoms with van der Waals surface area (Å²) in [4.78, 5) is 16.0. The summed E-state index contributed by atoms with van der Waals surface area (Å²) in [5, 5.41) is 1.70. The molecule has 1 amide bonds. The molecule has 0 aliphatic carbocycles. The fraction of sp³-hybridized carbons (Fsp3) is 0.476. The van der Waals surface area contributed by atoms with E-state index in [1.54, 1.807) is 54.8 Å². The number of methoxy groups -OCH3 is 1. The lowest BCUT2D eigenvalue weighted by Gasteiger charge is -2.47. The van der Waals surface area contributed by atoms with Crippen molar-refractivity contribution in [2.24, 2.45) is 0 Å². The SMILES string of the molecule is [2H]C([2H])([2H])OC1(N(C(=O)CC)c2ccccc2)CCN(C([2H])([2H])C([2H])([2H])c2cccs2)CC1. The molecule has 3 rings (SSSR count). The number of thiophene rings is 1. The van der Waals surface area contributed by atoms with Crippen molar-refractivity contribution in [3.05, 3.63) is 52.7 Å². The molecule has 0 bridgehead atoms. The number of carbonyl (C=O) groups is 1. The van der Waals surface area contributed by atoms with E-state index >= 15 is 0 Å². The van der Waals surface area contributed by atoms with Gasteiger partial charge in [0.15, 0.2) is 0 Å². The highest BCUT2D eigenvalue weighted by molar-refractivity contribution is 7.09. The zero-order valence-electron chi connectivity index (χ0n) is 21.8. The van der Waals surface area contributed by atoms with Gasteiger partial charge in [-0.3, -0.25) is 9.69 Å². The van der Waals surface area contributed by atoms with Gasteiger partial charge in [0.05, 0.1) is 4.11 Å². The van der Waals surface area contributed by atoms with Gasteiger partial charge in [0.2, 0.25) is 5.91 Å². The largest absolute Gasteiger partial charge is 0.358 e. The van der Waals surface area contributed by atoms with Gasteiger partial charge in [0, 0.05) is 61.9 Å². The first-order chi connectivity index (χ1) is 15.3. The Kier molecular flexibility index (Phi) is 4.03. The van der Waals surface area contributed by atoms with Crippen LogP contribution < -0.4 is 4.90 Å². The number of anilines is 1. The lowest BCUT2D eigenvalue weighted by molar-refractivity contribution is -0.128. The van der Waals surface area contributed by atoms with Crippen molar-refractivity contribution in [2.75, 3.05) is 31.5 Å². The number of para-hydroxylation sites is 1. The number of carbonyl (C=O) groups excluding carboxylic acids is 1. The number of nitrogens with zero attached hydrogens (tertiary/aromatic N) is 2. The van der Waals surface area contributed by atoms with Gasteiger partial charge in [0.25, 0.3) is 0 Å². The quantitative estimate of drug-likeness (QED) is 0.677. The Labute approximate surface area is 170 Å². The minimum Gasteiger partial charge on any atom is -0.358 e. The molecule has 0 spiro atoms. The molecule has 4 nitrogen and oxygen atoms in total. The molecular weight excluding hydrogens is 344 g/mol. The second-order valence-corrected chi connectivity index (χ2v) is 7.12. The standard InChI is InChI=1S/C21H28N2O2S/c1-3-20(24)23(18-8-5-4-6-9-18)21(25-2)12-15-22(16-13-21)14-11-19-10-7-17-26-19/h4-10,17H,3,11-16H2,1-2H3/i2D3,11D2,14D2. The van der Waals surface area contributed by atoms with Crippen molar-refractivity contribution in [3.8, 4) is 0 Å². The number of aryl methyl sites for hydroxylation is 1. The lowest BCUT2D eigenvalue weighted by Crippen LogP contribution is -2.59. The molecular formula is C21H28N2O2S. The number of hydrogen-bond donors (Lipinski definition) is 0. The van der Waals surface area contributed by atoms with Crippen molar-refractivity contribution in [1.82, 2.24) is 4.90 Å². The normalized spacial score (nSPS) is 22.7. The maximum atomic E-state index is 13.0. The molecule has 0 saturated carbocycles. The first kappa shape index (κ1) is 11.9. The maximum absolute atomic E-state index is 13.0. The highest BCUT2D eigenvalue weighted by Crippen LogP contribution is 2.34. The molecule has 1 aromatic carbocycles. The van der Waals surface area contributed by atoms with Gasteiger partial charge in [0.1, 0.15) is 5.72 Å². The van der Waals surface area contributed by atoms with Crippen LogP contribution >= 0.6 is 11.3 Å². The number of piperidine rings is 1. The molecule has 2 heterocycles. The van der Waals surface area contributed by atoms with Gasteiger partial charge < -0.3 is 9.64 Å². The van der Waals surface area contributed by atoms with Crippen LogP contribution in [0.15, 0.2) is 47.8 Å². The predicted octanol–water partition coefficient (Wildman–Crippen LogP) is 4.17. The summed E-state index contributed by atoms with van der Waals surface area (Å²) in [7, 11) is -2.78. The van der Waals surface area contributed by atoms with E-state index in [1.807, 2.05) is 0 Å². The zero-order valence-corrected chi connectivity index (χ0v) is 15.6. The van der Waals surface area contributed by atoms with Crippen LogP contribution in [0.4, 0.5) is 5.69 Å². The third-order valence-corrected chi connectivity index (χ3v) is 5.35. The Hall–Kier alpha value is -1.69. The predicted molar refractivity (Wildman–Crippen MR) is 108 cm³/mol. The van der Waals surface area contributed by atoms with E-state index in [9.17, 15) is 4.79 Å². The van der Waals surface area contributed by atoms with Gasteiger partial charge in [-0.25, -0.2) is 0 Å². The van der Waals surface area contributed by atoms with E-state index in [0.717, 1.165) is 11.3 Å². The Morgan fingerprint density at radius 2 is 2.08 bits per heavy atom. The van der Waals surface area contributed by atoms with E-state index in [1.165, 1.54) is 9.80 Å². The molecule has 0 radical (unpaired) electrons. The van der Waals surface area contributed by atoms with Crippen LogP contribution in [-0.4, -0.2) is 43.2 Å². The summed E-state index contributed by atoms with van der Waals surface area (Å²) in [5.74, 6) is -0.309. The minimum absolute atomic E-state index is 0.00601. The molecule has 2 aromatic rings. The average molecular weight is 380 g/mol. The summed E-state index contributed by atoms with van der Waals surface area (Å²) in [6, 6.07) is 11.9. The Morgan fingerprint density at radius 3 is 2.69 bits per heavy atom. The maximum Gasteiger partial charge on any atom is 0.229 e.